The Morgan fingerprint density at radius 3 is 2.81 bits per heavy atom. The van der Waals surface area contributed by atoms with Gasteiger partial charge in [-0.15, -0.1) is 0 Å². The van der Waals surface area contributed by atoms with Crippen LogP contribution in [0, 0.1) is 11.3 Å². The van der Waals surface area contributed by atoms with Crippen molar-refractivity contribution >= 4 is 11.8 Å². The highest BCUT2D eigenvalue weighted by atomic mass is 16.5. The molecule has 1 unspecified atom stereocenters. The number of hydrogen-bond donors (Lipinski definition) is 2. The Morgan fingerprint density at radius 2 is 2.15 bits per heavy atom. The summed E-state index contributed by atoms with van der Waals surface area (Å²) in [6.07, 6.45) is 10.6. The summed E-state index contributed by atoms with van der Waals surface area (Å²) < 4.78 is 5.54. The molecular formula is C21H28O5. The first kappa shape index (κ1) is 20.3. The lowest BCUT2D eigenvalue weighted by atomic mass is 9.61. The lowest BCUT2D eigenvalue weighted by Crippen LogP contribution is -2.45. The topological polar surface area (TPSA) is 83.8 Å². The third-order valence-corrected chi connectivity index (χ3v) is 5.63. The Morgan fingerprint density at radius 1 is 1.46 bits per heavy atom. The van der Waals surface area contributed by atoms with E-state index in [-0.39, 0.29) is 11.7 Å². The summed E-state index contributed by atoms with van der Waals surface area (Å²) in [6, 6.07) is 0. The van der Waals surface area contributed by atoms with Gasteiger partial charge in [-0.1, -0.05) is 45.1 Å². The number of allylic oxidation sites excluding steroid dienone is 4. The molecule has 26 heavy (non-hydrogen) atoms. The van der Waals surface area contributed by atoms with Gasteiger partial charge in [-0.2, -0.15) is 0 Å². The van der Waals surface area contributed by atoms with Gasteiger partial charge in [0.25, 0.3) is 0 Å². The highest BCUT2D eigenvalue weighted by molar-refractivity contribution is 5.96. The molecule has 2 rings (SSSR count). The first-order valence-electron chi connectivity index (χ1n) is 9.00. The maximum atomic E-state index is 12.1. The fourth-order valence-electron chi connectivity index (χ4n) is 3.28. The Hall–Kier alpha value is -1.98. The van der Waals surface area contributed by atoms with Crippen molar-refractivity contribution in [2.24, 2.45) is 11.3 Å². The molecule has 0 saturated carbocycles. The summed E-state index contributed by atoms with van der Waals surface area (Å²) in [7, 11) is 0. The smallest absolute Gasteiger partial charge is 0.331 e. The highest BCUT2D eigenvalue weighted by Gasteiger charge is 2.46. The van der Waals surface area contributed by atoms with Crippen molar-refractivity contribution in [2.45, 2.75) is 58.3 Å². The molecule has 0 aromatic rings. The summed E-state index contributed by atoms with van der Waals surface area (Å²) in [4.78, 5) is 23.8. The maximum Gasteiger partial charge on any atom is 0.331 e. The zero-order valence-electron chi connectivity index (χ0n) is 15.8. The molecule has 0 saturated heterocycles. The van der Waals surface area contributed by atoms with E-state index >= 15 is 0 Å². The number of aliphatic hydroxyl groups excluding tert-OH is 1. The van der Waals surface area contributed by atoms with E-state index in [0.29, 0.717) is 12.8 Å². The summed E-state index contributed by atoms with van der Waals surface area (Å²) in [5.74, 6) is -0.826. The van der Waals surface area contributed by atoms with Gasteiger partial charge in [-0.3, -0.25) is 4.79 Å². The van der Waals surface area contributed by atoms with E-state index in [1.807, 2.05) is 26.8 Å². The van der Waals surface area contributed by atoms with Gasteiger partial charge >= 0.3 is 5.97 Å². The normalized spacial score (nSPS) is 33.8. The van der Waals surface area contributed by atoms with E-state index in [9.17, 15) is 19.8 Å². The molecule has 0 aliphatic heterocycles. The number of carbonyl (C=O) groups excluding carboxylic acids is 2. The van der Waals surface area contributed by atoms with Crippen LogP contribution in [0.3, 0.4) is 0 Å². The van der Waals surface area contributed by atoms with Crippen LogP contribution in [-0.4, -0.2) is 39.8 Å². The van der Waals surface area contributed by atoms with Gasteiger partial charge in [0.05, 0.1) is 5.60 Å². The minimum atomic E-state index is -1.01. The van der Waals surface area contributed by atoms with Crippen molar-refractivity contribution < 1.29 is 24.5 Å². The monoisotopic (exact) mass is 360 g/mol. The molecule has 0 amide bonds. The van der Waals surface area contributed by atoms with Crippen LogP contribution in [0.4, 0.5) is 0 Å². The molecule has 5 nitrogen and oxygen atoms in total. The molecule has 0 fully saturated rings. The molecule has 0 aromatic carbocycles. The SMILES string of the molecule is CCC(C)(O)/C=C/C=C/C(=O)O[C@H]1C=CC2=CC(=O)[C@H](O)C[C@]2(C)[C@H]1C. The van der Waals surface area contributed by atoms with E-state index < -0.39 is 29.2 Å². The summed E-state index contributed by atoms with van der Waals surface area (Å²) in [6.45, 7) is 7.51. The van der Waals surface area contributed by atoms with Gasteiger partial charge in [0.15, 0.2) is 5.78 Å². The molecule has 2 aliphatic carbocycles. The lowest BCUT2D eigenvalue weighted by Gasteiger charge is -2.45. The molecule has 5 heteroatoms. The van der Waals surface area contributed by atoms with Crippen molar-refractivity contribution in [2.75, 3.05) is 0 Å². The summed E-state index contributed by atoms with van der Waals surface area (Å²) >= 11 is 0. The van der Waals surface area contributed by atoms with Gasteiger partial charge in [0.1, 0.15) is 12.2 Å². The second kappa shape index (κ2) is 7.72. The first-order chi connectivity index (χ1) is 12.1. The minimum absolute atomic E-state index is 0.0739. The molecule has 0 radical (unpaired) electrons. The second-order valence-corrected chi connectivity index (χ2v) is 7.62. The molecule has 0 aromatic heterocycles. The third-order valence-electron chi connectivity index (χ3n) is 5.63. The first-order valence-corrected chi connectivity index (χ1v) is 9.00. The van der Waals surface area contributed by atoms with Crippen LogP contribution in [0.5, 0.6) is 0 Å². The van der Waals surface area contributed by atoms with E-state index in [2.05, 4.69) is 0 Å². The van der Waals surface area contributed by atoms with Crippen molar-refractivity contribution in [1.29, 1.82) is 0 Å². The van der Waals surface area contributed by atoms with Crippen LogP contribution >= 0.6 is 0 Å². The number of fused-ring (bicyclic) bond motifs is 1. The predicted molar refractivity (Wildman–Crippen MR) is 99.2 cm³/mol. The van der Waals surface area contributed by atoms with Gasteiger partial charge in [0.2, 0.25) is 0 Å². The number of ketones is 1. The number of aliphatic hydroxyl groups is 2. The van der Waals surface area contributed by atoms with Gasteiger partial charge in [-0.05, 0) is 37.5 Å². The molecule has 2 N–H and O–H groups in total. The second-order valence-electron chi connectivity index (χ2n) is 7.62. The number of hydrogen-bond acceptors (Lipinski definition) is 5. The fourth-order valence-corrected chi connectivity index (χ4v) is 3.28. The van der Waals surface area contributed by atoms with Crippen molar-refractivity contribution in [1.82, 2.24) is 0 Å². The summed E-state index contributed by atoms with van der Waals surface area (Å²) in [5, 5.41) is 19.8. The number of carbonyl (C=O) groups is 2. The predicted octanol–water partition coefficient (Wildman–Crippen LogP) is 2.64. The Balaban J connectivity index is 2.05. The average Bonchev–Trinajstić information content (AvgIpc) is 2.57. The van der Waals surface area contributed by atoms with Crippen LogP contribution in [0.2, 0.25) is 0 Å². The molecule has 0 heterocycles. The number of esters is 1. The Labute approximate surface area is 154 Å². The van der Waals surface area contributed by atoms with Crippen LogP contribution in [-0.2, 0) is 14.3 Å². The van der Waals surface area contributed by atoms with E-state index in [4.69, 9.17) is 4.74 Å². The van der Waals surface area contributed by atoms with Gasteiger partial charge in [-0.25, -0.2) is 4.79 Å². The molecule has 0 spiro atoms. The van der Waals surface area contributed by atoms with Crippen LogP contribution in [0.25, 0.3) is 0 Å². The standard InChI is InChI=1S/C21H28O5/c1-5-20(3,25)11-7-6-8-19(24)26-18-10-9-15-12-16(22)17(23)13-21(15,4)14(18)2/h6-12,14,17-18,23,25H,5,13H2,1-4H3/b8-6+,11-7+/t14-,17+,18-,20?,21+/m0/s1. The van der Waals surface area contributed by atoms with E-state index in [1.54, 1.807) is 31.2 Å². The van der Waals surface area contributed by atoms with Crippen molar-refractivity contribution in [3.05, 3.63) is 48.1 Å². The lowest BCUT2D eigenvalue weighted by molar-refractivity contribution is -0.145. The summed E-state index contributed by atoms with van der Waals surface area (Å²) in [5.41, 5.74) is -0.449. The van der Waals surface area contributed by atoms with Crippen LogP contribution in [0.15, 0.2) is 48.1 Å². The quantitative estimate of drug-likeness (QED) is 0.447. The van der Waals surface area contributed by atoms with Crippen molar-refractivity contribution in [3.8, 4) is 0 Å². The minimum Gasteiger partial charge on any atom is -0.455 e. The van der Waals surface area contributed by atoms with Crippen molar-refractivity contribution in [3.63, 3.8) is 0 Å². The van der Waals surface area contributed by atoms with E-state index in [1.165, 1.54) is 12.2 Å². The van der Waals surface area contributed by atoms with E-state index in [0.717, 1.165) is 5.57 Å². The van der Waals surface area contributed by atoms with Crippen LogP contribution in [0.1, 0.15) is 40.5 Å². The maximum absolute atomic E-state index is 12.1. The zero-order chi connectivity index (χ0) is 19.5. The Kier molecular flexibility index (Phi) is 6.04. The molecular weight excluding hydrogens is 332 g/mol. The molecule has 142 valence electrons. The molecule has 0 bridgehead atoms. The third kappa shape index (κ3) is 4.40. The van der Waals surface area contributed by atoms with Crippen LogP contribution < -0.4 is 0 Å². The largest absolute Gasteiger partial charge is 0.455 e. The fraction of sp³-hybridized carbons (Fsp3) is 0.524. The van der Waals surface area contributed by atoms with Gasteiger partial charge < -0.3 is 14.9 Å². The number of ether oxygens (including phenoxy) is 1. The number of rotatable bonds is 5. The van der Waals surface area contributed by atoms with Gasteiger partial charge in [0, 0.05) is 17.4 Å². The molecule has 2 aliphatic rings. The average molecular weight is 360 g/mol. The Bertz CT molecular complexity index is 683. The highest BCUT2D eigenvalue weighted by Crippen LogP contribution is 2.48. The zero-order valence-corrected chi connectivity index (χ0v) is 15.8. The molecule has 5 atom stereocenters.